The highest BCUT2D eigenvalue weighted by molar-refractivity contribution is 9.10. The lowest BCUT2D eigenvalue weighted by Gasteiger charge is -2.19. The summed E-state index contributed by atoms with van der Waals surface area (Å²) < 4.78 is 0.816. The Kier molecular flexibility index (Phi) is 4.73. The number of aliphatic hydroxyl groups excluding tert-OH is 2. The number of rotatable bonds is 4. The minimum absolute atomic E-state index is 0.363. The molecule has 3 N–H and O–H groups in total. The maximum Gasteiger partial charge on any atom is 0.107 e. The molecule has 0 bridgehead atoms. The summed E-state index contributed by atoms with van der Waals surface area (Å²) in [6, 6.07) is 5.69. The third-order valence-electron chi connectivity index (χ3n) is 2.25. The molecule has 0 aliphatic carbocycles. The van der Waals surface area contributed by atoms with Gasteiger partial charge in [-0.15, -0.1) is 0 Å². The Balaban J connectivity index is 2.89. The third kappa shape index (κ3) is 3.28. The van der Waals surface area contributed by atoms with Crippen molar-refractivity contribution in [2.24, 2.45) is 0 Å². The normalized spacial score (nSPS) is 15.0. The van der Waals surface area contributed by atoms with Crippen molar-refractivity contribution in [2.75, 3.05) is 13.6 Å². The molecule has 84 valence electrons. The van der Waals surface area contributed by atoms with Crippen molar-refractivity contribution in [3.05, 3.63) is 33.8 Å². The average Bonchev–Trinajstić information content (AvgIpc) is 2.21. The molecule has 0 heterocycles. The van der Waals surface area contributed by atoms with E-state index in [4.69, 9.17) is 0 Å². The van der Waals surface area contributed by atoms with Crippen LogP contribution in [0.5, 0.6) is 0 Å². The SMILES string of the molecule is CNCC(O)C(O)c1cc(C)ccc1Br. The van der Waals surface area contributed by atoms with Gasteiger partial charge >= 0.3 is 0 Å². The van der Waals surface area contributed by atoms with Crippen LogP contribution in [0.4, 0.5) is 0 Å². The molecular formula is C11H16BrNO2. The van der Waals surface area contributed by atoms with Gasteiger partial charge in [0.15, 0.2) is 0 Å². The van der Waals surface area contributed by atoms with E-state index >= 15 is 0 Å². The largest absolute Gasteiger partial charge is 0.389 e. The molecule has 0 radical (unpaired) electrons. The summed E-state index contributed by atoms with van der Waals surface area (Å²) >= 11 is 3.36. The molecule has 1 aromatic rings. The lowest BCUT2D eigenvalue weighted by Crippen LogP contribution is -2.29. The fraction of sp³-hybridized carbons (Fsp3) is 0.455. The van der Waals surface area contributed by atoms with Gasteiger partial charge in [-0.2, -0.15) is 0 Å². The molecule has 3 nitrogen and oxygen atoms in total. The molecule has 0 saturated carbocycles. The summed E-state index contributed by atoms with van der Waals surface area (Å²) in [6.07, 6.45) is -1.67. The van der Waals surface area contributed by atoms with Crippen molar-refractivity contribution in [3.63, 3.8) is 0 Å². The minimum Gasteiger partial charge on any atom is -0.389 e. The number of likely N-dealkylation sites (N-methyl/N-ethyl adjacent to an activating group) is 1. The molecule has 1 rings (SSSR count). The van der Waals surface area contributed by atoms with Crippen LogP contribution in [0.1, 0.15) is 17.2 Å². The van der Waals surface area contributed by atoms with Crippen molar-refractivity contribution in [1.82, 2.24) is 5.32 Å². The molecule has 1 aromatic carbocycles. The summed E-state index contributed by atoms with van der Waals surface area (Å²) in [7, 11) is 1.74. The van der Waals surface area contributed by atoms with Gasteiger partial charge in [0, 0.05) is 11.0 Å². The highest BCUT2D eigenvalue weighted by Gasteiger charge is 2.19. The zero-order valence-electron chi connectivity index (χ0n) is 8.87. The second kappa shape index (κ2) is 5.61. The zero-order chi connectivity index (χ0) is 11.4. The average molecular weight is 274 g/mol. The van der Waals surface area contributed by atoms with Gasteiger partial charge in [-0.1, -0.05) is 33.6 Å². The van der Waals surface area contributed by atoms with E-state index in [0.717, 1.165) is 15.6 Å². The van der Waals surface area contributed by atoms with Crippen LogP contribution in [-0.4, -0.2) is 29.9 Å². The molecule has 0 fully saturated rings. The van der Waals surface area contributed by atoms with Crippen LogP contribution in [0, 0.1) is 6.92 Å². The van der Waals surface area contributed by atoms with Gasteiger partial charge in [0.05, 0.1) is 6.10 Å². The van der Waals surface area contributed by atoms with Crippen molar-refractivity contribution in [2.45, 2.75) is 19.1 Å². The van der Waals surface area contributed by atoms with Gasteiger partial charge in [-0.3, -0.25) is 0 Å². The van der Waals surface area contributed by atoms with Crippen LogP contribution >= 0.6 is 15.9 Å². The van der Waals surface area contributed by atoms with Crippen LogP contribution in [0.2, 0.25) is 0 Å². The zero-order valence-corrected chi connectivity index (χ0v) is 10.5. The fourth-order valence-electron chi connectivity index (χ4n) is 1.42. The Morgan fingerprint density at radius 2 is 2.07 bits per heavy atom. The second-order valence-electron chi connectivity index (χ2n) is 3.59. The first-order chi connectivity index (χ1) is 7.06. The number of hydrogen-bond acceptors (Lipinski definition) is 3. The highest BCUT2D eigenvalue weighted by atomic mass is 79.9. The third-order valence-corrected chi connectivity index (χ3v) is 2.97. The minimum atomic E-state index is -0.869. The molecule has 4 heteroatoms. The van der Waals surface area contributed by atoms with Crippen molar-refractivity contribution < 1.29 is 10.2 Å². The Bertz CT molecular complexity index is 330. The van der Waals surface area contributed by atoms with E-state index in [-0.39, 0.29) is 0 Å². The molecular weight excluding hydrogens is 258 g/mol. The number of nitrogens with one attached hydrogen (secondary N) is 1. The van der Waals surface area contributed by atoms with E-state index < -0.39 is 12.2 Å². The molecule has 0 saturated heterocycles. The highest BCUT2D eigenvalue weighted by Crippen LogP contribution is 2.26. The lowest BCUT2D eigenvalue weighted by molar-refractivity contribution is 0.0198. The molecule has 0 aliphatic heterocycles. The molecule has 0 amide bonds. The van der Waals surface area contributed by atoms with Crippen LogP contribution in [0.25, 0.3) is 0 Å². The Morgan fingerprint density at radius 1 is 1.40 bits per heavy atom. The maximum atomic E-state index is 9.91. The summed E-state index contributed by atoms with van der Waals surface area (Å²) in [5, 5.41) is 22.4. The summed E-state index contributed by atoms with van der Waals surface area (Å²) in [4.78, 5) is 0. The standard InChI is InChI=1S/C11H16BrNO2/c1-7-3-4-9(12)8(5-7)11(15)10(14)6-13-2/h3-5,10-11,13-15H,6H2,1-2H3. The van der Waals surface area contributed by atoms with Crippen LogP contribution in [-0.2, 0) is 0 Å². The number of halogens is 1. The molecule has 2 unspecified atom stereocenters. The van der Waals surface area contributed by atoms with Crippen LogP contribution in [0.3, 0.4) is 0 Å². The van der Waals surface area contributed by atoms with Crippen LogP contribution < -0.4 is 5.32 Å². The number of hydrogen-bond donors (Lipinski definition) is 3. The molecule has 0 aromatic heterocycles. The monoisotopic (exact) mass is 273 g/mol. The topological polar surface area (TPSA) is 52.5 Å². The molecule has 15 heavy (non-hydrogen) atoms. The van der Waals surface area contributed by atoms with Gasteiger partial charge in [-0.05, 0) is 25.6 Å². The van der Waals surface area contributed by atoms with Gasteiger partial charge in [0.1, 0.15) is 6.10 Å². The second-order valence-corrected chi connectivity index (χ2v) is 4.45. The van der Waals surface area contributed by atoms with Gasteiger partial charge < -0.3 is 15.5 Å². The fourth-order valence-corrected chi connectivity index (χ4v) is 1.90. The number of aliphatic hydroxyl groups is 2. The quantitative estimate of drug-likeness (QED) is 0.777. The van der Waals surface area contributed by atoms with Gasteiger partial charge in [-0.25, -0.2) is 0 Å². The Labute approximate surface area is 98.3 Å². The predicted octanol–water partition coefficient (Wildman–Crippen LogP) is 1.37. The summed E-state index contributed by atoms with van der Waals surface area (Å²) in [5.41, 5.74) is 1.78. The van der Waals surface area contributed by atoms with E-state index in [1.807, 2.05) is 25.1 Å². The van der Waals surface area contributed by atoms with E-state index in [1.165, 1.54) is 0 Å². The van der Waals surface area contributed by atoms with E-state index in [9.17, 15) is 10.2 Å². The Hall–Kier alpha value is -0.420. The smallest absolute Gasteiger partial charge is 0.107 e. The first kappa shape index (κ1) is 12.6. The summed E-state index contributed by atoms with van der Waals surface area (Å²) in [6.45, 7) is 2.31. The van der Waals surface area contributed by atoms with E-state index in [0.29, 0.717) is 6.54 Å². The number of benzene rings is 1. The molecule has 0 spiro atoms. The van der Waals surface area contributed by atoms with Crippen molar-refractivity contribution in [1.29, 1.82) is 0 Å². The van der Waals surface area contributed by atoms with Crippen molar-refractivity contribution in [3.8, 4) is 0 Å². The van der Waals surface area contributed by atoms with E-state index in [2.05, 4.69) is 21.2 Å². The summed E-state index contributed by atoms with van der Waals surface area (Å²) in [5.74, 6) is 0. The van der Waals surface area contributed by atoms with Gasteiger partial charge in [0.25, 0.3) is 0 Å². The number of aryl methyl sites for hydroxylation is 1. The molecule has 0 aliphatic rings. The van der Waals surface area contributed by atoms with Crippen LogP contribution in [0.15, 0.2) is 22.7 Å². The maximum absolute atomic E-state index is 9.91. The van der Waals surface area contributed by atoms with Crippen molar-refractivity contribution >= 4 is 15.9 Å². The first-order valence-electron chi connectivity index (χ1n) is 4.83. The first-order valence-corrected chi connectivity index (χ1v) is 5.62. The van der Waals surface area contributed by atoms with E-state index in [1.54, 1.807) is 7.05 Å². The lowest BCUT2D eigenvalue weighted by atomic mass is 10.0. The Morgan fingerprint density at radius 3 is 2.67 bits per heavy atom. The molecule has 2 atom stereocenters. The van der Waals surface area contributed by atoms with Gasteiger partial charge in [0.2, 0.25) is 0 Å². The predicted molar refractivity (Wildman–Crippen MR) is 63.8 cm³/mol.